The van der Waals surface area contributed by atoms with Crippen molar-refractivity contribution in [3.8, 4) is 0 Å². The minimum atomic E-state index is 1.05. The molecule has 0 spiro atoms. The second kappa shape index (κ2) is 6.35. The number of hydrogen-bond donors (Lipinski definition) is 1. The van der Waals surface area contributed by atoms with Gasteiger partial charge < -0.3 is 10.2 Å². The smallest absolute Gasteiger partial charge is 0.0830 e. The lowest BCUT2D eigenvalue weighted by Crippen LogP contribution is -2.31. The van der Waals surface area contributed by atoms with Crippen LogP contribution < -0.4 is 5.32 Å². The third-order valence-corrected chi connectivity index (χ3v) is 4.70. The normalized spacial score (nSPS) is 16.8. The lowest BCUT2D eigenvalue weighted by molar-refractivity contribution is 0.228. The number of hydrogen-bond acceptors (Lipinski definition) is 4. The summed E-state index contributed by atoms with van der Waals surface area (Å²) in [5.41, 5.74) is 2.34. The van der Waals surface area contributed by atoms with E-state index in [1.807, 2.05) is 6.20 Å². The van der Waals surface area contributed by atoms with Crippen molar-refractivity contribution >= 4 is 27.2 Å². The van der Waals surface area contributed by atoms with E-state index < -0.39 is 0 Å². The van der Waals surface area contributed by atoms with Gasteiger partial charge in [0.05, 0.1) is 15.9 Å². The summed E-state index contributed by atoms with van der Waals surface area (Å²) in [7, 11) is 0. The summed E-state index contributed by atoms with van der Waals surface area (Å²) >= 11 is 1.76. The zero-order valence-corrected chi connectivity index (χ0v) is 12.1. The SMILES string of the molecule is c1cc(NCCCN2CCCCC2)c2sccc2n1. The lowest BCUT2D eigenvalue weighted by atomic mass is 10.1. The van der Waals surface area contributed by atoms with E-state index in [1.54, 1.807) is 11.3 Å². The van der Waals surface area contributed by atoms with E-state index in [9.17, 15) is 0 Å². The van der Waals surface area contributed by atoms with Crippen LogP contribution in [0.5, 0.6) is 0 Å². The molecule has 2 aromatic rings. The molecular formula is C15H21N3S. The number of rotatable bonds is 5. The van der Waals surface area contributed by atoms with Crippen LogP contribution in [0.15, 0.2) is 23.7 Å². The van der Waals surface area contributed by atoms with Crippen LogP contribution in [-0.4, -0.2) is 36.1 Å². The molecule has 1 N–H and O–H groups in total. The Morgan fingerprint density at radius 1 is 1.21 bits per heavy atom. The van der Waals surface area contributed by atoms with Gasteiger partial charge in [-0.25, -0.2) is 0 Å². The number of piperidine rings is 1. The number of aromatic nitrogens is 1. The fraction of sp³-hybridized carbons (Fsp3) is 0.533. The maximum Gasteiger partial charge on any atom is 0.0830 e. The molecule has 0 unspecified atom stereocenters. The second-order valence-corrected chi connectivity index (χ2v) is 6.09. The van der Waals surface area contributed by atoms with Crippen molar-refractivity contribution in [2.24, 2.45) is 0 Å². The minimum absolute atomic E-state index is 1.05. The average molecular weight is 275 g/mol. The highest BCUT2D eigenvalue weighted by molar-refractivity contribution is 7.17. The monoisotopic (exact) mass is 275 g/mol. The van der Waals surface area contributed by atoms with Gasteiger partial charge in [0.25, 0.3) is 0 Å². The molecule has 4 heteroatoms. The largest absolute Gasteiger partial charge is 0.384 e. The number of thiophene rings is 1. The van der Waals surface area contributed by atoms with Gasteiger partial charge >= 0.3 is 0 Å². The maximum atomic E-state index is 4.37. The van der Waals surface area contributed by atoms with Gasteiger partial charge in [0, 0.05) is 12.7 Å². The summed E-state index contributed by atoms with van der Waals surface area (Å²) < 4.78 is 1.28. The molecule has 0 bridgehead atoms. The van der Waals surface area contributed by atoms with Crippen LogP contribution in [0.3, 0.4) is 0 Å². The number of likely N-dealkylation sites (tertiary alicyclic amines) is 1. The molecule has 102 valence electrons. The van der Waals surface area contributed by atoms with Crippen molar-refractivity contribution in [1.82, 2.24) is 9.88 Å². The Kier molecular flexibility index (Phi) is 4.30. The van der Waals surface area contributed by atoms with Crippen LogP contribution in [0.2, 0.25) is 0 Å². The van der Waals surface area contributed by atoms with E-state index in [0.717, 1.165) is 12.1 Å². The third-order valence-electron chi connectivity index (χ3n) is 3.76. The average Bonchev–Trinajstić information content (AvgIpc) is 2.94. The van der Waals surface area contributed by atoms with Crippen molar-refractivity contribution in [3.05, 3.63) is 23.7 Å². The topological polar surface area (TPSA) is 28.2 Å². The van der Waals surface area contributed by atoms with Crippen LogP contribution in [-0.2, 0) is 0 Å². The van der Waals surface area contributed by atoms with Crippen LogP contribution >= 0.6 is 11.3 Å². The molecule has 3 nitrogen and oxygen atoms in total. The summed E-state index contributed by atoms with van der Waals surface area (Å²) in [5.74, 6) is 0. The molecule has 19 heavy (non-hydrogen) atoms. The van der Waals surface area contributed by atoms with Gasteiger partial charge in [-0.15, -0.1) is 11.3 Å². The standard InChI is InChI=1S/C15H21N3S/c1-2-9-18(10-3-1)11-4-7-16-13-5-8-17-14-6-12-19-15(13)14/h5-6,8,12H,1-4,7,9-11H2,(H,16,17). The Labute approximate surface area is 118 Å². The van der Waals surface area contributed by atoms with Gasteiger partial charge in [-0.2, -0.15) is 0 Å². The Bertz CT molecular complexity index is 517. The van der Waals surface area contributed by atoms with Crippen LogP contribution in [0.1, 0.15) is 25.7 Å². The van der Waals surface area contributed by atoms with Gasteiger partial charge in [-0.1, -0.05) is 6.42 Å². The van der Waals surface area contributed by atoms with E-state index in [1.165, 1.54) is 55.7 Å². The molecular weight excluding hydrogens is 254 g/mol. The van der Waals surface area contributed by atoms with Crippen LogP contribution in [0, 0.1) is 0 Å². The minimum Gasteiger partial charge on any atom is -0.384 e. The summed E-state index contributed by atoms with van der Waals surface area (Å²) in [6.45, 7) is 4.87. The Morgan fingerprint density at radius 2 is 2.11 bits per heavy atom. The van der Waals surface area contributed by atoms with E-state index >= 15 is 0 Å². The number of nitrogens with zero attached hydrogens (tertiary/aromatic N) is 2. The molecule has 0 aliphatic carbocycles. The Morgan fingerprint density at radius 3 is 3.00 bits per heavy atom. The van der Waals surface area contributed by atoms with E-state index in [0.29, 0.717) is 0 Å². The van der Waals surface area contributed by atoms with Gasteiger partial charge in [-0.3, -0.25) is 4.98 Å². The number of pyridine rings is 1. The zero-order valence-electron chi connectivity index (χ0n) is 11.3. The molecule has 1 fully saturated rings. The maximum absolute atomic E-state index is 4.37. The molecule has 0 atom stereocenters. The molecule has 1 aliphatic rings. The highest BCUT2D eigenvalue weighted by atomic mass is 32.1. The molecule has 3 heterocycles. The molecule has 1 saturated heterocycles. The second-order valence-electron chi connectivity index (χ2n) is 5.18. The zero-order chi connectivity index (χ0) is 12.9. The predicted octanol–water partition coefficient (Wildman–Crippen LogP) is 3.58. The van der Waals surface area contributed by atoms with Gasteiger partial charge in [0.1, 0.15) is 0 Å². The summed E-state index contributed by atoms with van der Waals surface area (Å²) in [6.07, 6.45) is 7.29. The van der Waals surface area contributed by atoms with Crippen LogP contribution in [0.25, 0.3) is 10.2 Å². The summed E-state index contributed by atoms with van der Waals surface area (Å²) in [6, 6.07) is 4.17. The number of anilines is 1. The molecule has 0 radical (unpaired) electrons. The van der Waals surface area contributed by atoms with Gasteiger partial charge in [0.15, 0.2) is 0 Å². The fourth-order valence-corrected chi connectivity index (χ4v) is 3.56. The van der Waals surface area contributed by atoms with Crippen molar-refractivity contribution in [2.75, 3.05) is 31.5 Å². The first-order chi connectivity index (χ1) is 9.43. The van der Waals surface area contributed by atoms with Gasteiger partial charge in [-0.05, 0) is 56.4 Å². The van der Waals surface area contributed by atoms with Crippen molar-refractivity contribution in [2.45, 2.75) is 25.7 Å². The van der Waals surface area contributed by atoms with Gasteiger partial charge in [0.2, 0.25) is 0 Å². The molecule has 0 amide bonds. The molecule has 2 aromatic heterocycles. The molecule has 0 aromatic carbocycles. The van der Waals surface area contributed by atoms with Crippen molar-refractivity contribution in [1.29, 1.82) is 0 Å². The Hall–Kier alpha value is -1.13. The first-order valence-corrected chi connectivity index (χ1v) is 8.10. The first kappa shape index (κ1) is 12.9. The summed E-state index contributed by atoms with van der Waals surface area (Å²) in [4.78, 5) is 6.96. The fourth-order valence-electron chi connectivity index (χ4n) is 2.72. The van der Waals surface area contributed by atoms with E-state index in [4.69, 9.17) is 0 Å². The van der Waals surface area contributed by atoms with E-state index in [-0.39, 0.29) is 0 Å². The van der Waals surface area contributed by atoms with Crippen molar-refractivity contribution < 1.29 is 0 Å². The molecule has 3 rings (SSSR count). The summed E-state index contributed by atoms with van der Waals surface area (Å²) in [5, 5.41) is 5.66. The number of nitrogens with one attached hydrogen (secondary N) is 1. The third kappa shape index (κ3) is 3.25. The van der Waals surface area contributed by atoms with Crippen LogP contribution in [0.4, 0.5) is 5.69 Å². The molecule has 1 aliphatic heterocycles. The lowest BCUT2D eigenvalue weighted by Gasteiger charge is -2.26. The first-order valence-electron chi connectivity index (χ1n) is 7.22. The predicted molar refractivity (Wildman–Crippen MR) is 83.0 cm³/mol. The molecule has 0 saturated carbocycles. The highest BCUT2D eigenvalue weighted by Gasteiger charge is 2.09. The number of fused-ring (bicyclic) bond motifs is 1. The quantitative estimate of drug-likeness (QED) is 0.845. The van der Waals surface area contributed by atoms with Crippen molar-refractivity contribution in [3.63, 3.8) is 0 Å². The highest BCUT2D eigenvalue weighted by Crippen LogP contribution is 2.26. The Balaban J connectivity index is 1.48. The van der Waals surface area contributed by atoms with E-state index in [2.05, 4.69) is 32.7 Å².